The Labute approximate surface area is 101 Å². The first-order valence-corrected chi connectivity index (χ1v) is 5.69. The number of carbonyl (C=O) groups excluding carboxylic acids is 1. The second-order valence-corrected chi connectivity index (χ2v) is 4.94. The molecule has 0 saturated heterocycles. The predicted octanol–water partition coefficient (Wildman–Crippen LogP) is 2.57. The topological polar surface area (TPSA) is 55.1 Å². The molecule has 1 amide bonds. The smallest absolute Gasteiger partial charge is 0.251 e. The molecule has 1 aromatic carbocycles. The monoisotopic (exact) mass is 238 g/mol. The maximum atomic E-state index is 13.2. The van der Waals surface area contributed by atoms with E-state index in [0.717, 1.165) is 12.5 Å². The van der Waals surface area contributed by atoms with E-state index in [9.17, 15) is 9.18 Å². The summed E-state index contributed by atoms with van der Waals surface area (Å²) < 4.78 is 13.2. The molecule has 0 bridgehead atoms. The zero-order valence-electron chi connectivity index (χ0n) is 10.5. The van der Waals surface area contributed by atoms with Crippen LogP contribution in [0.3, 0.4) is 0 Å². The van der Waals surface area contributed by atoms with Gasteiger partial charge in [-0.3, -0.25) is 4.79 Å². The van der Waals surface area contributed by atoms with Crippen LogP contribution in [0, 0.1) is 11.2 Å². The van der Waals surface area contributed by atoms with Crippen molar-refractivity contribution in [1.29, 1.82) is 0 Å². The zero-order valence-corrected chi connectivity index (χ0v) is 10.5. The van der Waals surface area contributed by atoms with Gasteiger partial charge in [0.25, 0.3) is 5.91 Å². The molecule has 4 heteroatoms. The van der Waals surface area contributed by atoms with E-state index in [0.29, 0.717) is 12.1 Å². The number of amides is 1. The lowest BCUT2D eigenvalue weighted by atomic mass is 9.90. The molecule has 0 aliphatic rings. The van der Waals surface area contributed by atoms with Crippen molar-refractivity contribution in [3.63, 3.8) is 0 Å². The summed E-state index contributed by atoms with van der Waals surface area (Å²) in [5.41, 5.74) is 5.74. The van der Waals surface area contributed by atoms with Crippen molar-refractivity contribution in [2.45, 2.75) is 27.2 Å². The standard InChI is InChI=1S/C13H19FN2O/c1-4-13(2,3)8-16-12(17)9-5-6-11(15)10(14)7-9/h5-7H,4,8,15H2,1-3H3,(H,16,17). The Kier molecular flexibility index (Phi) is 4.10. The lowest BCUT2D eigenvalue weighted by Crippen LogP contribution is -2.33. The summed E-state index contributed by atoms with van der Waals surface area (Å²) in [5.74, 6) is -0.835. The summed E-state index contributed by atoms with van der Waals surface area (Å²) in [4.78, 5) is 11.8. The molecular formula is C13H19FN2O. The summed E-state index contributed by atoms with van der Waals surface area (Å²) in [6, 6.07) is 4.07. The fraction of sp³-hybridized carbons (Fsp3) is 0.462. The lowest BCUT2D eigenvalue weighted by Gasteiger charge is -2.22. The van der Waals surface area contributed by atoms with E-state index in [1.165, 1.54) is 12.1 Å². The van der Waals surface area contributed by atoms with Gasteiger partial charge in [-0.25, -0.2) is 4.39 Å². The van der Waals surface area contributed by atoms with Crippen LogP contribution in [0.25, 0.3) is 0 Å². The third-order valence-electron chi connectivity index (χ3n) is 2.95. The highest BCUT2D eigenvalue weighted by atomic mass is 19.1. The number of anilines is 1. The third-order valence-corrected chi connectivity index (χ3v) is 2.95. The number of halogens is 1. The molecule has 0 aromatic heterocycles. The normalized spacial score (nSPS) is 11.3. The van der Waals surface area contributed by atoms with Crippen LogP contribution in [-0.4, -0.2) is 12.5 Å². The molecule has 0 atom stereocenters. The van der Waals surface area contributed by atoms with Crippen LogP contribution in [0.4, 0.5) is 10.1 Å². The van der Waals surface area contributed by atoms with Gasteiger partial charge in [-0.15, -0.1) is 0 Å². The number of nitrogen functional groups attached to an aromatic ring is 1. The predicted molar refractivity (Wildman–Crippen MR) is 67.2 cm³/mol. The lowest BCUT2D eigenvalue weighted by molar-refractivity contribution is 0.0935. The van der Waals surface area contributed by atoms with Crippen molar-refractivity contribution in [3.05, 3.63) is 29.6 Å². The first-order valence-electron chi connectivity index (χ1n) is 5.69. The van der Waals surface area contributed by atoms with Crippen molar-refractivity contribution in [3.8, 4) is 0 Å². The van der Waals surface area contributed by atoms with E-state index in [4.69, 9.17) is 5.73 Å². The van der Waals surface area contributed by atoms with Crippen LogP contribution in [0.15, 0.2) is 18.2 Å². The Morgan fingerprint density at radius 3 is 2.65 bits per heavy atom. The Bertz CT molecular complexity index is 416. The van der Waals surface area contributed by atoms with Crippen molar-refractivity contribution >= 4 is 11.6 Å². The number of benzene rings is 1. The molecule has 0 fully saturated rings. The second kappa shape index (κ2) is 5.17. The van der Waals surface area contributed by atoms with E-state index >= 15 is 0 Å². The number of nitrogens with two attached hydrogens (primary N) is 1. The minimum Gasteiger partial charge on any atom is -0.396 e. The maximum Gasteiger partial charge on any atom is 0.251 e. The summed E-state index contributed by atoms with van der Waals surface area (Å²) >= 11 is 0. The molecule has 3 N–H and O–H groups in total. The number of rotatable bonds is 4. The van der Waals surface area contributed by atoms with E-state index < -0.39 is 5.82 Å². The number of nitrogens with one attached hydrogen (secondary N) is 1. The first-order chi connectivity index (χ1) is 7.85. The van der Waals surface area contributed by atoms with Crippen molar-refractivity contribution in [1.82, 2.24) is 5.32 Å². The van der Waals surface area contributed by atoms with Gasteiger partial charge < -0.3 is 11.1 Å². The van der Waals surface area contributed by atoms with Gasteiger partial charge in [0.05, 0.1) is 5.69 Å². The summed E-state index contributed by atoms with van der Waals surface area (Å²) in [6.07, 6.45) is 0.962. The fourth-order valence-corrected chi connectivity index (χ4v) is 1.21. The van der Waals surface area contributed by atoms with Crippen molar-refractivity contribution in [2.24, 2.45) is 5.41 Å². The van der Waals surface area contributed by atoms with Crippen LogP contribution in [0.2, 0.25) is 0 Å². The molecule has 0 aliphatic carbocycles. The first kappa shape index (κ1) is 13.5. The van der Waals surface area contributed by atoms with Crippen molar-refractivity contribution in [2.75, 3.05) is 12.3 Å². The van der Waals surface area contributed by atoms with Gasteiger partial charge in [-0.2, -0.15) is 0 Å². The van der Waals surface area contributed by atoms with E-state index in [2.05, 4.69) is 26.1 Å². The molecule has 94 valence electrons. The van der Waals surface area contributed by atoms with Crippen LogP contribution in [0.1, 0.15) is 37.6 Å². The molecule has 0 heterocycles. The molecule has 0 unspecified atom stereocenters. The van der Waals surface area contributed by atoms with E-state index in [-0.39, 0.29) is 17.0 Å². The summed E-state index contributed by atoms with van der Waals surface area (Å²) in [5, 5.41) is 2.79. The molecule has 1 rings (SSSR count). The van der Waals surface area contributed by atoms with Gasteiger partial charge in [0.1, 0.15) is 5.82 Å². The van der Waals surface area contributed by atoms with E-state index in [1.807, 2.05) is 0 Å². The molecule has 17 heavy (non-hydrogen) atoms. The number of hydrogen-bond acceptors (Lipinski definition) is 2. The van der Waals surface area contributed by atoms with Crippen LogP contribution in [0.5, 0.6) is 0 Å². The van der Waals surface area contributed by atoms with E-state index in [1.54, 1.807) is 0 Å². The summed E-state index contributed by atoms with van der Waals surface area (Å²) in [6.45, 7) is 6.76. The van der Waals surface area contributed by atoms with Crippen LogP contribution in [-0.2, 0) is 0 Å². The van der Waals surface area contributed by atoms with Gasteiger partial charge in [0, 0.05) is 12.1 Å². The van der Waals surface area contributed by atoms with Crippen LogP contribution >= 0.6 is 0 Å². The maximum absolute atomic E-state index is 13.2. The SMILES string of the molecule is CCC(C)(C)CNC(=O)c1ccc(N)c(F)c1. The second-order valence-electron chi connectivity index (χ2n) is 4.94. The molecular weight excluding hydrogens is 219 g/mol. The molecule has 1 aromatic rings. The number of hydrogen-bond donors (Lipinski definition) is 2. The Morgan fingerprint density at radius 1 is 1.47 bits per heavy atom. The Balaban J connectivity index is 2.68. The molecule has 0 aliphatic heterocycles. The Hall–Kier alpha value is -1.58. The summed E-state index contributed by atoms with van der Waals surface area (Å²) in [7, 11) is 0. The third kappa shape index (κ3) is 3.73. The highest BCUT2D eigenvalue weighted by Gasteiger charge is 2.17. The quantitative estimate of drug-likeness (QED) is 0.792. The Morgan fingerprint density at radius 2 is 2.12 bits per heavy atom. The van der Waals surface area contributed by atoms with Gasteiger partial charge in [-0.1, -0.05) is 20.8 Å². The van der Waals surface area contributed by atoms with Gasteiger partial charge in [0.2, 0.25) is 0 Å². The molecule has 0 saturated carbocycles. The van der Waals surface area contributed by atoms with Gasteiger partial charge in [0.15, 0.2) is 0 Å². The van der Waals surface area contributed by atoms with Crippen LogP contribution < -0.4 is 11.1 Å². The molecule has 0 radical (unpaired) electrons. The minimum atomic E-state index is -0.563. The highest BCUT2D eigenvalue weighted by molar-refractivity contribution is 5.94. The molecule has 3 nitrogen and oxygen atoms in total. The highest BCUT2D eigenvalue weighted by Crippen LogP contribution is 2.18. The number of carbonyl (C=O) groups is 1. The minimum absolute atomic E-state index is 0.0437. The zero-order chi connectivity index (χ0) is 13.1. The van der Waals surface area contributed by atoms with Crippen molar-refractivity contribution < 1.29 is 9.18 Å². The average Bonchev–Trinajstić information content (AvgIpc) is 2.30. The fourth-order valence-electron chi connectivity index (χ4n) is 1.21. The van der Waals surface area contributed by atoms with Gasteiger partial charge in [-0.05, 0) is 30.0 Å². The van der Waals surface area contributed by atoms with Gasteiger partial charge >= 0.3 is 0 Å². The largest absolute Gasteiger partial charge is 0.396 e. The average molecular weight is 238 g/mol. The molecule has 0 spiro atoms.